The third-order valence-electron chi connectivity index (χ3n) is 2.13. The summed E-state index contributed by atoms with van der Waals surface area (Å²) in [6.07, 6.45) is 9.19. The average molecular weight is 186 g/mol. The van der Waals surface area contributed by atoms with Gasteiger partial charge in [-0.2, -0.15) is 0 Å². The molecule has 0 rings (SSSR count). The number of hydrogen-bond donors (Lipinski definition) is 1. The maximum Gasteiger partial charge on any atom is 0.131 e. The number of nitroso groups, excluding NO2 is 1. The molecule has 0 saturated heterocycles. The molecular formula is C10H22N2O. The number of hydrogen-bond acceptors (Lipinski definition) is 3. The van der Waals surface area contributed by atoms with Crippen molar-refractivity contribution < 1.29 is 0 Å². The van der Waals surface area contributed by atoms with Crippen molar-refractivity contribution in [1.82, 2.24) is 5.32 Å². The van der Waals surface area contributed by atoms with Crippen molar-refractivity contribution in [2.45, 2.75) is 51.9 Å². The highest BCUT2D eigenvalue weighted by molar-refractivity contribution is 4.48. The van der Waals surface area contributed by atoms with Gasteiger partial charge >= 0.3 is 0 Å². The summed E-state index contributed by atoms with van der Waals surface area (Å²) >= 11 is 0. The minimum Gasteiger partial charge on any atom is -0.295 e. The van der Waals surface area contributed by atoms with Crippen LogP contribution in [0.5, 0.6) is 0 Å². The van der Waals surface area contributed by atoms with Crippen LogP contribution in [-0.2, 0) is 0 Å². The Morgan fingerprint density at radius 2 is 1.62 bits per heavy atom. The summed E-state index contributed by atoms with van der Waals surface area (Å²) in [6.45, 7) is 3.42. The highest BCUT2D eigenvalue weighted by Gasteiger charge is 1.90. The third-order valence-corrected chi connectivity index (χ3v) is 2.13. The van der Waals surface area contributed by atoms with E-state index in [0.29, 0.717) is 0 Å². The molecule has 0 bridgehead atoms. The molecule has 0 aliphatic heterocycles. The summed E-state index contributed by atoms with van der Waals surface area (Å²) in [5.74, 6) is 0. The minimum atomic E-state index is 0.260. The van der Waals surface area contributed by atoms with Crippen LogP contribution in [0.25, 0.3) is 0 Å². The van der Waals surface area contributed by atoms with E-state index in [1.807, 2.05) is 0 Å². The van der Waals surface area contributed by atoms with E-state index in [0.717, 1.165) is 6.54 Å². The van der Waals surface area contributed by atoms with Gasteiger partial charge in [0, 0.05) is 0 Å². The summed E-state index contributed by atoms with van der Waals surface area (Å²) < 4.78 is 0. The maximum absolute atomic E-state index is 9.70. The molecule has 13 heavy (non-hydrogen) atoms. The van der Waals surface area contributed by atoms with E-state index < -0.39 is 0 Å². The normalized spacial score (nSPS) is 10.2. The van der Waals surface area contributed by atoms with Crippen molar-refractivity contribution in [3.63, 3.8) is 0 Å². The zero-order chi connectivity index (χ0) is 9.78. The molecule has 0 saturated carbocycles. The standard InChI is InChI=1S/C10H22N2O/c1-2-3-4-5-6-7-8-9-11-10-12-13/h11H,2-10H2,1H3. The molecule has 0 aliphatic rings. The highest BCUT2D eigenvalue weighted by Crippen LogP contribution is 2.05. The first-order valence-corrected chi connectivity index (χ1v) is 5.41. The molecule has 0 radical (unpaired) electrons. The van der Waals surface area contributed by atoms with E-state index in [2.05, 4.69) is 17.4 Å². The topological polar surface area (TPSA) is 41.5 Å². The van der Waals surface area contributed by atoms with Gasteiger partial charge in [-0.1, -0.05) is 50.6 Å². The Labute approximate surface area is 81.3 Å². The average Bonchev–Trinajstić information content (AvgIpc) is 2.16. The Morgan fingerprint density at radius 3 is 2.23 bits per heavy atom. The SMILES string of the molecule is CCCCCCCCCNCN=O. The molecule has 0 aromatic heterocycles. The Bertz CT molecular complexity index is 107. The van der Waals surface area contributed by atoms with Gasteiger partial charge in [0.15, 0.2) is 0 Å². The summed E-state index contributed by atoms with van der Waals surface area (Å²) in [5.41, 5.74) is 0. The lowest BCUT2D eigenvalue weighted by Gasteiger charge is -2.00. The summed E-state index contributed by atoms with van der Waals surface area (Å²) in [4.78, 5) is 9.70. The second-order valence-electron chi connectivity index (χ2n) is 3.41. The van der Waals surface area contributed by atoms with E-state index in [-0.39, 0.29) is 6.67 Å². The quantitative estimate of drug-likeness (QED) is 0.421. The van der Waals surface area contributed by atoms with Crippen LogP contribution in [0.3, 0.4) is 0 Å². The fraction of sp³-hybridized carbons (Fsp3) is 1.00. The number of rotatable bonds is 10. The lowest BCUT2D eigenvalue weighted by atomic mass is 10.1. The predicted octanol–water partition coefficient (Wildman–Crippen LogP) is 3.05. The second-order valence-corrected chi connectivity index (χ2v) is 3.41. The second kappa shape index (κ2) is 11.6. The summed E-state index contributed by atoms with van der Waals surface area (Å²) in [6, 6.07) is 0. The lowest BCUT2D eigenvalue weighted by Crippen LogP contribution is -2.14. The van der Waals surface area contributed by atoms with Gasteiger partial charge in [-0.15, -0.1) is 4.91 Å². The van der Waals surface area contributed by atoms with Crippen molar-refractivity contribution in [2.75, 3.05) is 13.2 Å². The van der Waals surface area contributed by atoms with Crippen molar-refractivity contribution in [3.05, 3.63) is 4.91 Å². The molecule has 0 aromatic rings. The molecule has 0 aromatic carbocycles. The molecule has 3 heteroatoms. The molecule has 1 N–H and O–H groups in total. The molecular weight excluding hydrogens is 164 g/mol. The summed E-state index contributed by atoms with van der Waals surface area (Å²) in [5, 5.41) is 5.69. The fourth-order valence-electron chi connectivity index (χ4n) is 1.33. The Kier molecular flexibility index (Phi) is 11.2. The van der Waals surface area contributed by atoms with E-state index >= 15 is 0 Å². The van der Waals surface area contributed by atoms with E-state index in [1.165, 1.54) is 44.9 Å². The monoisotopic (exact) mass is 186 g/mol. The minimum absolute atomic E-state index is 0.260. The van der Waals surface area contributed by atoms with Crippen molar-refractivity contribution in [2.24, 2.45) is 5.18 Å². The first-order chi connectivity index (χ1) is 6.41. The molecule has 0 heterocycles. The Hall–Kier alpha value is -0.440. The van der Waals surface area contributed by atoms with Gasteiger partial charge in [-0.25, -0.2) is 0 Å². The number of nitrogens with one attached hydrogen (secondary N) is 1. The first kappa shape index (κ1) is 12.6. The zero-order valence-corrected chi connectivity index (χ0v) is 8.72. The molecule has 0 aliphatic carbocycles. The Morgan fingerprint density at radius 1 is 1.00 bits per heavy atom. The zero-order valence-electron chi connectivity index (χ0n) is 8.72. The van der Waals surface area contributed by atoms with Crippen LogP contribution in [-0.4, -0.2) is 13.2 Å². The molecule has 0 amide bonds. The maximum atomic E-state index is 9.70. The number of nitrogens with zero attached hydrogens (tertiary/aromatic N) is 1. The molecule has 3 nitrogen and oxygen atoms in total. The van der Waals surface area contributed by atoms with Crippen LogP contribution in [0.1, 0.15) is 51.9 Å². The van der Waals surface area contributed by atoms with E-state index in [1.54, 1.807) is 0 Å². The van der Waals surface area contributed by atoms with Gasteiger partial charge in [0.2, 0.25) is 0 Å². The van der Waals surface area contributed by atoms with Crippen LogP contribution >= 0.6 is 0 Å². The predicted molar refractivity (Wildman–Crippen MR) is 56.7 cm³/mol. The van der Waals surface area contributed by atoms with E-state index in [9.17, 15) is 4.91 Å². The number of unbranched alkanes of at least 4 members (excludes halogenated alkanes) is 6. The first-order valence-electron chi connectivity index (χ1n) is 5.41. The van der Waals surface area contributed by atoms with Crippen LogP contribution < -0.4 is 5.32 Å². The van der Waals surface area contributed by atoms with Crippen molar-refractivity contribution in [3.8, 4) is 0 Å². The lowest BCUT2D eigenvalue weighted by molar-refractivity contribution is 0.566. The summed E-state index contributed by atoms with van der Waals surface area (Å²) in [7, 11) is 0. The van der Waals surface area contributed by atoms with Gasteiger partial charge in [0.05, 0.1) is 0 Å². The van der Waals surface area contributed by atoms with Gasteiger partial charge < -0.3 is 0 Å². The van der Waals surface area contributed by atoms with Crippen molar-refractivity contribution >= 4 is 0 Å². The Balaban J connectivity index is 2.79. The molecule has 0 spiro atoms. The molecule has 78 valence electrons. The van der Waals surface area contributed by atoms with Crippen LogP contribution in [0.15, 0.2) is 5.18 Å². The molecule has 0 atom stereocenters. The fourth-order valence-corrected chi connectivity index (χ4v) is 1.33. The van der Waals surface area contributed by atoms with Gasteiger partial charge in [0.25, 0.3) is 0 Å². The van der Waals surface area contributed by atoms with E-state index in [4.69, 9.17) is 0 Å². The third kappa shape index (κ3) is 11.6. The van der Waals surface area contributed by atoms with Gasteiger partial charge in [-0.3, -0.25) is 5.32 Å². The molecule has 0 fully saturated rings. The van der Waals surface area contributed by atoms with Crippen LogP contribution in [0, 0.1) is 4.91 Å². The van der Waals surface area contributed by atoms with Gasteiger partial charge in [0.1, 0.15) is 6.67 Å². The smallest absolute Gasteiger partial charge is 0.131 e. The van der Waals surface area contributed by atoms with Crippen LogP contribution in [0.2, 0.25) is 0 Å². The van der Waals surface area contributed by atoms with Crippen molar-refractivity contribution in [1.29, 1.82) is 0 Å². The van der Waals surface area contributed by atoms with Gasteiger partial charge in [-0.05, 0) is 13.0 Å². The largest absolute Gasteiger partial charge is 0.295 e. The highest BCUT2D eigenvalue weighted by atomic mass is 16.3. The van der Waals surface area contributed by atoms with Crippen LogP contribution in [0.4, 0.5) is 0 Å². The molecule has 0 unspecified atom stereocenters.